The molecule has 0 atom stereocenters. The van der Waals surface area contributed by atoms with Crippen molar-refractivity contribution in [3.05, 3.63) is 34.9 Å². The highest BCUT2D eigenvalue weighted by atomic mass is 32.1. The second kappa shape index (κ2) is 6.79. The SMILES string of the molecule is Cc1cc(C(=O)NC2CC2)ccc1C(C)(C)C.O=S=O. The van der Waals surface area contributed by atoms with Crippen molar-refractivity contribution in [3.8, 4) is 0 Å². The summed E-state index contributed by atoms with van der Waals surface area (Å²) in [7, 11) is 0. The van der Waals surface area contributed by atoms with Gasteiger partial charge in [-0.2, -0.15) is 8.42 Å². The molecule has 0 spiro atoms. The number of nitrogens with one attached hydrogen (secondary N) is 1. The summed E-state index contributed by atoms with van der Waals surface area (Å²) >= 11 is -0.750. The number of amides is 1. The minimum atomic E-state index is -0.750. The molecule has 0 aliphatic heterocycles. The molecule has 0 heterocycles. The third-order valence-electron chi connectivity index (χ3n) is 3.21. The Hall–Kier alpha value is -1.49. The lowest BCUT2D eigenvalue weighted by molar-refractivity contribution is 0.0951. The Morgan fingerprint density at radius 3 is 2.20 bits per heavy atom. The number of rotatable bonds is 2. The quantitative estimate of drug-likeness (QED) is 0.912. The molecule has 1 aliphatic carbocycles. The predicted octanol–water partition coefficient (Wildman–Crippen LogP) is 2.51. The van der Waals surface area contributed by atoms with Gasteiger partial charge < -0.3 is 5.32 Å². The van der Waals surface area contributed by atoms with Crippen LogP contribution in [0.3, 0.4) is 0 Å². The van der Waals surface area contributed by atoms with E-state index in [9.17, 15) is 4.79 Å². The van der Waals surface area contributed by atoms with Crippen molar-refractivity contribution < 1.29 is 13.2 Å². The van der Waals surface area contributed by atoms with E-state index in [0.717, 1.165) is 18.4 Å². The molecule has 1 saturated carbocycles. The molecule has 1 amide bonds. The molecule has 5 heteroatoms. The normalized spacial score (nSPS) is 14.0. The van der Waals surface area contributed by atoms with Crippen LogP contribution < -0.4 is 5.32 Å². The molecule has 4 nitrogen and oxygen atoms in total. The Bertz CT molecular complexity index is 524. The highest BCUT2D eigenvalue weighted by Crippen LogP contribution is 2.26. The summed E-state index contributed by atoms with van der Waals surface area (Å²) in [4.78, 5) is 11.9. The van der Waals surface area contributed by atoms with Gasteiger partial charge in [-0.3, -0.25) is 4.79 Å². The van der Waals surface area contributed by atoms with E-state index in [0.29, 0.717) is 6.04 Å². The first-order valence-electron chi connectivity index (χ1n) is 6.63. The van der Waals surface area contributed by atoms with Crippen molar-refractivity contribution in [1.29, 1.82) is 0 Å². The number of carbonyl (C=O) groups is 1. The molecule has 0 radical (unpaired) electrons. The number of hydrogen-bond donors (Lipinski definition) is 1. The lowest BCUT2D eigenvalue weighted by Crippen LogP contribution is -2.25. The Balaban J connectivity index is 0.000000612. The van der Waals surface area contributed by atoms with E-state index in [4.69, 9.17) is 8.42 Å². The van der Waals surface area contributed by atoms with Crippen LogP contribution in [0.2, 0.25) is 0 Å². The second-order valence-electron chi connectivity index (χ2n) is 6.10. The monoisotopic (exact) mass is 295 g/mol. The fourth-order valence-electron chi connectivity index (χ4n) is 2.14. The minimum absolute atomic E-state index is 0.0658. The van der Waals surface area contributed by atoms with Gasteiger partial charge >= 0.3 is 11.6 Å². The molecule has 1 aromatic rings. The number of benzene rings is 1. The lowest BCUT2D eigenvalue weighted by Gasteiger charge is -2.22. The van der Waals surface area contributed by atoms with Crippen LogP contribution in [0.15, 0.2) is 18.2 Å². The molecule has 0 bridgehead atoms. The van der Waals surface area contributed by atoms with E-state index < -0.39 is 11.6 Å². The van der Waals surface area contributed by atoms with Crippen LogP contribution in [0.1, 0.15) is 55.1 Å². The fourth-order valence-corrected chi connectivity index (χ4v) is 2.14. The van der Waals surface area contributed by atoms with Crippen molar-refractivity contribution in [1.82, 2.24) is 5.32 Å². The maximum atomic E-state index is 11.9. The van der Waals surface area contributed by atoms with Crippen molar-refractivity contribution in [2.24, 2.45) is 0 Å². The molecular weight excluding hydrogens is 274 g/mol. The lowest BCUT2D eigenvalue weighted by atomic mass is 9.83. The minimum Gasteiger partial charge on any atom is -0.349 e. The van der Waals surface area contributed by atoms with Crippen LogP contribution >= 0.6 is 0 Å². The average molecular weight is 295 g/mol. The van der Waals surface area contributed by atoms with Gasteiger partial charge in [0.25, 0.3) is 5.91 Å². The molecule has 0 saturated heterocycles. The van der Waals surface area contributed by atoms with Gasteiger partial charge in [0, 0.05) is 11.6 Å². The van der Waals surface area contributed by atoms with Crippen LogP contribution in [0.4, 0.5) is 0 Å². The largest absolute Gasteiger partial charge is 0.349 e. The van der Waals surface area contributed by atoms with Crippen molar-refractivity contribution in [2.75, 3.05) is 0 Å². The second-order valence-corrected chi connectivity index (χ2v) is 6.23. The highest BCUT2D eigenvalue weighted by Gasteiger charge is 2.24. The van der Waals surface area contributed by atoms with Gasteiger partial charge in [0.1, 0.15) is 0 Å². The standard InChI is InChI=1S/C15H21NO.O2S/c1-10-9-11(14(17)16-12-6-7-12)5-8-13(10)15(2,3)4;1-3-2/h5,8-9,12H,6-7H2,1-4H3,(H,16,17);. The van der Waals surface area contributed by atoms with Gasteiger partial charge in [0.05, 0.1) is 0 Å². The molecule has 1 aliphatic rings. The van der Waals surface area contributed by atoms with E-state index in [2.05, 4.69) is 39.1 Å². The zero-order valence-corrected chi connectivity index (χ0v) is 13.2. The van der Waals surface area contributed by atoms with Gasteiger partial charge in [0.2, 0.25) is 0 Å². The first-order chi connectivity index (χ1) is 9.29. The molecule has 0 unspecified atom stereocenters. The van der Waals surface area contributed by atoms with Crippen LogP contribution in [0.5, 0.6) is 0 Å². The van der Waals surface area contributed by atoms with E-state index in [1.54, 1.807) is 0 Å². The van der Waals surface area contributed by atoms with Gasteiger partial charge in [-0.1, -0.05) is 26.8 Å². The van der Waals surface area contributed by atoms with Gasteiger partial charge in [0.15, 0.2) is 0 Å². The summed E-state index contributed by atoms with van der Waals surface area (Å²) in [5, 5.41) is 3.02. The van der Waals surface area contributed by atoms with E-state index in [1.807, 2.05) is 12.1 Å². The first-order valence-corrected chi connectivity index (χ1v) is 7.30. The molecule has 110 valence electrons. The molecule has 0 aromatic heterocycles. The Morgan fingerprint density at radius 2 is 1.80 bits per heavy atom. The molecule has 1 fully saturated rings. The first kappa shape index (κ1) is 16.6. The van der Waals surface area contributed by atoms with Crippen molar-refractivity contribution >= 4 is 17.5 Å². The van der Waals surface area contributed by atoms with Crippen LogP contribution in [-0.4, -0.2) is 20.4 Å². The topological polar surface area (TPSA) is 63.2 Å². The Kier molecular flexibility index (Phi) is 5.62. The van der Waals surface area contributed by atoms with Crippen molar-refractivity contribution in [3.63, 3.8) is 0 Å². The summed E-state index contributed by atoms with van der Waals surface area (Å²) in [6, 6.07) is 6.44. The zero-order valence-electron chi connectivity index (χ0n) is 12.4. The van der Waals surface area contributed by atoms with Gasteiger partial charge in [-0.05, 0) is 48.4 Å². The van der Waals surface area contributed by atoms with Crippen LogP contribution in [0, 0.1) is 6.92 Å². The predicted molar refractivity (Wildman–Crippen MR) is 79.3 cm³/mol. The van der Waals surface area contributed by atoms with E-state index in [-0.39, 0.29) is 11.3 Å². The third-order valence-corrected chi connectivity index (χ3v) is 3.21. The van der Waals surface area contributed by atoms with Crippen LogP contribution in [0.25, 0.3) is 0 Å². The summed E-state index contributed by atoms with van der Waals surface area (Å²) < 4.78 is 16.6. The molecular formula is C15H21NO3S. The van der Waals surface area contributed by atoms with E-state index >= 15 is 0 Å². The number of aryl methyl sites for hydroxylation is 1. The number of hydrogen-bond acceptors (Lipinski definition) is 3. The maximum absolute atomic E-state index is 11.9. The molecule has 2 rings (SSSR count). The zero-order chi connectivity index (χ0) is 15.3. The summed E-state index contributed by atoms with van der Waals surface area (Å²) in [6.45, 7) is 8.66. The van der Waals surface area contributed by atoms with Crippen molar-refractivity contribution in [2.45, 2.75) is 52.0 Å². The Morgan fingerprint density at radius 1 is 1.25 bits per heavy atom. The fraction of sp³-hybridized carbons (Fsp3) is 0.533. The van der Waals surface area contributed by atoms with Gasteiger partial charge in [-0.15, -0.1) is 0 Å². The van der Waals surface area contributed by atoms with Crippen LogP contribution in [-0.2, 0) is 17.0 Å². The third kappa shape index (κ3) is 4.89. The summed E-state index contributed by atoms with van der Waals surface area (Å²) in [5.74, 6) is 0.0658. The number of carbonyl (C=O) groups excluding carboxylic acids is 1. The summed E-state index contributed by atoms with van der Waals surface area (Å²) in [5.41, 5.74) is 3.42. The maximum Gasteiger partial charge on any atom is 0.335 e. The molecule has 1 N–H and O–H groups in total. The smallest absolute Gasteiger partial charge is 0.335 e. The highest BCUT2D eigenvalue weighted by molar-refractivity contribution is 7.51. The molecule has 20 heavy (non-hydrogen) atoms. The molecule has 1 aromatic carbocycles. The summed E-state index contributed by atoms with van der Waals surface area (Å²) in [6.07, 6.45) is 2.26. The average Bonchev–Trinajstić information content (AvgIpc) is 3.12. The Labute approximate surface area is 123 Å². The van der Waals surface area contributed by atoms with Gasteiger partial charge in [-0.25, -0.2) is 0 Å². The van der Waals surface area contributed by atoms with E-state index in [1.165, 1.54) is 11.1 Å².